The van der Waals surface area contributed by atoms with Gasteiger partial charge in [-0.15, -0.1) is 0 Å². The van der Waals surface area contributed by atoms with Crippen LogP contribution in [0.3, 0.4) is 0 Å². The molecule has 1 aliphatic rings. The molecule has 0 spiro atoms. The quantitative estimate of drug-likeness (QED) is 0.326. The van der Waals surface area contributed by atoms with Crippen LogP contribution in [0.25, 0.3) is 0 Å². The molecule has 0 heterocycles. The number of ketones is 1. The first kappa shape index (κ1) is 20.4. The van der Waals surface area contributed by atoms with Crippen molar-refractivity contribution in [1.29, 1.82) is 0 Å². The maximum Gasteiger partial charge on any atom is 0.324 e. The number of allylic oxidation sites excluding steroid dienone is 2. The highest BCUT2D eigenvalue weighted by molar-refractivity contribution is 6.05. The standard InChI is InChI=1S/C20H22O7/c1-11-9-20(18(23)26-4,19(24)27-5)17(15(11)10-21)13-6-7-14(12(2)22)16(8-13)25-3/h6-8,10,17H,9H2,1-5H3/t17-/m0/s1. The Morgan fingerprint density at radius 2 is 1.70 bits per heavy atom. The SMILES string of the molecule is COC(=O)C1(C(=O)OC)CC(C)=C(C=O)[C@@H]1c1ccc(C(C)=O)c(OC)c1. The molecule has 0 aliphatic heterocycles. The van der Waals surface area contributed by atoms with E-state index in [0.717, 1.165) is 0 Å². The summed E-state index contributed by atoms with van der Waals surface area (Å²) in [6.07, 6.45) is 0.640. The second kappa shape index (κ2) is 7.73. The van der Waals surface area contributed by atoms with E-state index in [1.165, 1.54) is 28.3 Å². The van der Waals surface area contributed by atoms with Gasteiger partial charge in [-0.05, 0) is 38.0 Å². The molecule has 1 aromatic carbocycles. The molecule has 0 saturated carbocycles. The van der Waals surface area contributed by atoms with Crippen LogP contribution < -0.4 is 4.74 Å². The van der Waals surface area contributed by atoms with E-state index >= 15 is 0 Å². The predicted octanol–water partition coefficient (Wildman–Crippen LogP) is 2.23. The molecule has 1 aromatic rings. The Kier molecular flexibility index (Phi) is 5.83. The van der Waals surface area contributed by atoms with Crippen LogP contribution in [0, 0.1) is 5.41 Å². The number of Topliss-reactive ketones (excluding diaryl/α,β-unsaturated/α-hetero) is 1. The Balaban J connectivity index is 2.77. The van der Waals surface area contributed by atoms with Crippen LogP contribution in [0.1, 0.15) is 42.1 Å². The lowest BCUT2D eigenvalue weighted by Crippen LogP contribution is -2.44. The van der Waals surface area contributed by atoms with Gasteiger partial charge >= 0.3 is 11.9 Å². The Bertz CT molecular complexity index is 819. The monoisotopic (exact) mass is 374 g/mol. The van der Waals surface area contributed by atoms with Crippen LogP contribution in [0.15, 0.2) is 29.3 Å². The summed E-state index contributed by atoms with van der Waals surface area (Å²) in [7, 11) is 3.77. The number of ether oxygens (including phenoxy) is 3. The smallest absolute Gasteiger partial charge is 0.324 e. The number of methoxy groups -OCH3 is 3. The number of benzene rings is 1. The number of carbonyl (C=O) groups excluding carboxylic acids is 4. The second-order valence-corrected chi connectivity index (χ2v) is 6.43. The minimum absolute atomic E-state index is 0.00185. The Morgan fingerprint density at radius 3 is 2.15 bits per heavy atom. The molecular weight excluding hydrogens is 352 g/mol. The number of carbonyl (C=O) groups is 4. The summed E-state index contributed by atoms with van der Waals surface area (Å²) in [5.74, 6) is -2.39. The zero-order valence-corrected chi connectivity index (χ0v) is 16.0. The van der Waals surface area contributed by atoms with Gasteiger partial charge in [0.25, 0.3) is 0 Å². The van der Waals surface area contributed by atoms with Crippen molar-refractivity contribution in [1.82, 2.24) is 0 Å². The largest absolute Gasteiger partial charge is 0.496 e. The third kappa shape index (κ3) is 3.13. The van der Waals surface area contributed by atoms with E-state index < -0.39 is 23.3 Å². The third-order valence-corrected chi connectivity index (χ3v) is 5.01. The molecule has 0 bridgehead atoms. The van der Waals surface area contributed by atoms with Crippen molar-refractivity contribution in [2.24, 2.45) is 5.41 Å². The van der Waals surface area contributed by atoms with E-state index in [1.807, 2.05) is 0 Å². The van der Waals surface area contributed by atoms with Gasteiger partial charge < -0.3 is 14.2 Å². The van der Waals surface area contributed by atoms with Crippen LogP contribution in [0.2, 0.25) is 0 Å². The molecule has 144 valence electrons. The molecule has 0 fully saturated rings. The maximum absolute atomic E-state index is 12.7. The van der Waals surface area contributed by atoms with E-state index in [9.17, 15) is 19.2 Å². The Labute approximate surface area is 157 Å². The molecule has 7 nitrogen and oxygen atoms in total. The lowest BCUT2D eigenvalue weighted by molar-refractivity contribution is -0.169. The van der Waals surface area contributed by atoms with Crippen LogP contribution in [-0.4, -0.2) is 45.3 Å². The second-order valence-electron chi connectivity index (χ2n) is 6.43. The number of hydrogen-bond donors (Lipinski definition) is 0. The molecule has 1 aliphatic carbocycles. The molecule has 2 rings (SSSR count). The van der Waals surface area contributed by atoms with E-state index in [2.05, 4.69) is 0 Å². The average Bonchev–Trinajstić information content (AvgIpc) is 2.98. The number of esters is 2. The van der Waals surface area contributed by atoms with Crippen molar-refractivity contribution in [3.63, 3.8) is 0 Å². The molecule has 0 saturated heterocycles. The van der Waals surface area contributed by atoms with Gasteiger partial charge in [-0.1, -0.05) is 11.6 Å². The average molecular weight is 374 g/mol. The lowest BCUT2D eigenvalue weighted by Gasteiger charge is -2.31. The molecule has 0 unspecified atom stereocenters. The van der Waals surface area contributed by atoms with Crippen LogP contribution in [0.4, 0.5) is 0 Å². The summed E-state index contributed by atoms with van der Waals surface area (Å²) in [6, 6.07) is 4.71. The summed E-state index contributed by atoms with van der Waals surface area (Å²) >= 11 is 0. The molecule has 0 aromatic heterocycles. The molecule has 27 heavy (non-hydrogen) atoms. The predicted molar refractivity (Wildman–Crippen MR) is 95.6 cm³/mol. The van der Waals surface area contributed by atoms with Gasteiger partial charge in [0.2, 0.25) is 0 Å². The number of hydrogen-bond acceptors (Lipinski definition) is 7. The van der Waals surface area contributed by atoms with E-state index in [4.69, 9.17) is 14.2 Å². The highest BCUT2D eigenvalue weighted by Crippen LogP contribution is 2.54. The van der Waals surface area contributed by atoms with Gasteiger partial charge in [-0.2, -0.15) is 0 Å². The Hall–Kier alpha value is -2.96. The minimum atomic E-state index is -1.72. The zero-order valence-electron chi connectivity index (χ0n) is 16.0. The maximum atomic E-state index is 12.7. The molecule has 0 amide bonds. The highest BCUT2D eigenvalue weighted by Gasteiger charge is 2.60. The van der Waals surface area contributed by atoms with Gasteiger partial charge in [0.1, 0.15) is 12.0 Å². The summed E-state index contributed by atoms with van der Waals surface area (Å²) < 4.78 is 15.1. The first-order valence-corrected chi connectivity index (χ1v) is 8.29. The topological polar surface area (TPSA) is 96.0 Å². The summed E-state index contributed by atoms with van der Waals surface area (Å²) in [4.78, 5) is 49.0. The van der Waals surface area contributed by atoms with Gasteiger partial charge in [0.05, 0.1) is 26.9 Å². The van der Waals surface area contributed by atoms with E-state index in [1.54, 1.807) is 25.1 Å². The van der Waals surface area contributed by atoms with Crippen LogP contribution >= 0.6 is 0 Å². The Morgan fingerprint density at radius 1 is 1.11 bits per heavy atom. The van der Waals surface area contributed by atoms with Gasteiger partial charge in [-0.25, -0.2) is 0 Å². The normalized spacial score (nSPS) is 18.0. The fourth-order valence-electron chi connectivity index (χ4n) is 3.77. The molecular formula is C20H22O7. The lowest BCUT2D eigenvalue weighted by atomic mass is 9.71. The highest BCUT2D eigenvalue weighted by atomic mass is 16.5. The van der Waals surface area contributed by atoms with Crippen molar-refractivity contribution in [2.75, 3.05) is 21.3 Å². The number of aldehydes is 1. The summed E-state index contributed by atoms with van der Waals surface area (Å²) in [5.41, 5.74) is 0.0248. The first-order chi connectivity index (χ1) is 12.8. The summed E-state index contributed by atoms with van der Waals surface area (Å²) in [6.45, 7) is 3.09. The molecule has 1 atom stereocenters. The first-order valence-electron chi connectivity index (χ1n) is 8.29. The number of rotatable bonds is 6. The molecule has 7 heteroatoms. The van der Waals surface area contributed by atoms with Gasteiger partial charge in [0.15, 0.2) is 11.2 Å². The summed E-state index contributed by atoms with van der Waals surface area (Å²) in [5, 5.41) is 0. The molecule has 0 N–H and O–H groups in total. The van der Waals surface area contributed by atoms with Crippen molar-refractivity contribution in [2.45, 2.75) is 26.2 Å². The van der Waals surface area contributed by atoms with Crippen molar-refractivity contribution in [3.05, 3.63) is 40.5 Å². The zero-order chi connectivity index (χ0) is 20.4. The fourth-order valence-corrected chi connectivity index (χ4v) is 3.77. The van der Waals surface area contributed by atoms with Gasteiger partial charge in [-0.3, -0.25) is 19.2 Å². The van der Waals surface area contributed by atoms with E-state index in [-0.39, 0.29) is 12.2 Å². The van der Waals surface area contributed by atoms with Crippen LogP contribution in [-0.2, 0) is 23.9 Å². The van der Waals surface area contributed by atoms with Crippen molar-refractivity contribution >= 4 is 24.0 Å². The van der Waals surface area contributed by atoms with Crippen molar-refractivity contribution in [3.8, 4) is 5.75 Å². The molecule has 0 radical (unpaired) electrons. The van der Waals surface area contributed by atoms with Crippen molar-refractivity contribution < 1.29 is 33.4 Å². The van der Waals surface area contributed by atoms with Gasteiger partial charge in [0, 0.05) is 11.5 Å². The van der Waals surface area contributed by atoms with Crippen LogP contribution in [0.5, 0.6) is 5.75 Å². The minimum Gasteiger partial charge on any atom is -0.496 e. The third-order valence-electron chi connectivity index (χ3n) is 5.01. The van der Waals surface area contributed by atoms with E-state index in [0.29, 0.717) is 34.3 Å². The fraction of sp³-hybridized carbons (Fsp3) is 0.400.